The molecule has 0 saturated carbocycles. The number of piperidine rings is 1. The molecule has 3 aromatic rings. The van der Waals surface area contributed by atoms with E-state index in [2.05, 4.69) is 16.9 Å². The smallest absolute Gasteiger partial charge is 0.275 e. The Kier molecular flexibility index (Phi) is 7.76. The predicted molar refractivity (Wildman–Crippen MR) is 143 cm³/mol. The minimum absolute atomic E-state index is 0.0824. The lowest BCUT2D eigenvalue weighted by Gasteiger charge is -2.36. The van der Waals surface area contributed by atoms with Gasteiger partial charge in [-0.3, -0.25) is 9.36 Å². The van der Waals surface area contributed by atoms with Gasteiger partial charge >= 0.3 is 0 Å². The molecule has 2 fully saturated rings. The first kappa shape index (κ1) is 25.4. The Morgan fingerprint density at radius 3 is 2.69 bits per heavy atom. The molecule has 7 nitrogen and oxygen atoms in total. The molecule has 4 heterocycles. The van der Waals surface area contributed by atoms with Gasteiger partial charge in [-0.25, -0.2) is 4.98 Å². The average molecular weight is 512 g/mol. The highest BCUT2D eigenvalue weighted by Gasteiger charge is 2.39. The molecule has 2 N–H and O–H groups in total. The van der Waals surface area contributed by atoms with Crippen LogP contribution in [-0.4, -0.2) is 62.6 Å². The molecule has 2 aliphatic heterocycles. The average Bonchev–Trinajstić information content (AvgIpc) is 3.38. The summed E-state index contributed by atoms with van der Waals surface area (Å²) >= 11 is 1.47. The number of ether oxygens (including phenoxy) is 1. The Balaban J connectivity index is 1.40. The first-order valence-electron chi connectivity index (χ1n) is 13.3. The number of aromatic nitrogens is 2. The third-order valence-electron chi connectivity index (χ3n) is 7.96. The molecule has 194 valence electrons. The maximum absolute atomic E-state index is 13.4. The van der Waals surface area contributed by atoms with Gasteiger partial charge in [-0.2, -0.15) is 0 Å². The summed E-state index contributed by atoms with van der Waals surface area (Å²) in [6.07, 6.45) is 9.56. The van der Waals surface area contributed by atoms with Crippen LogP contribution >= 0.6 is 11.3 Å². The quantitative estimate of drug-likeness (QED) is 0.427. The number of benzene rings is 1. The largest absolute Gasteiger partial charge is 0.490 e. The van der Waals surface area contributed by atoms with E-state index in [0.29, 0.717) is 41.6 Å². The zero-order valence-electron chi connectivity index (χ0n) is 21.2. The Morgan fingerprint density at radius 2 is 1.97 bits per heavy atom. The Hall–Kier alpha value is -2.26. The molecule has 0 spiro atoms. The fourth-order valence-corrected chi connectivity index (χ4v) is 6.77. The zero-order valence-corrected chi connectivity index (χ0v) is 22.0. The van der Waals surface area contributed by atoms with Gasteiger partial charge in [0, 0.05) is 23.6 Å². The second-order valence-electron chi connectivity index (χ2n) is 10.3. The van der Waals surface area contributed by atoms with Crippen molar-refractivity contribution in [1.82, 2.24) is 14.5 Å². The normalized spacial score (nSPS) is 22.8. The SMILES string of the molecule is CCC(O)CCc1cc2ncn(-c3ccc(O[C@H]4C[C@H]5CC[C@@H](C4)N5C)c(CCCO)c3)c(=O)c2s1. The van der Waals surface area contributed by atoms with Crippen molar-refractivity contribution < 1.29 is 14.9 Å². The maximum Gasteiger partial charge on any atom is 0.275 e. The summed E-state index contributed by atoms with van der Waals surface area (Å²) in [5, 5.41) is 19.4. The van der Waals surface area contributed by atoms with Crippen LogP contribution in [0.3, 0.4) is 0 Å². The number of fused-ring (bicyclic) bond motifs is 3. The standard InChI is InChI=1S/C28H37N3O4S/c1-3-22(33)9-10-24-16-25-27(36-24)28(34)31(17-29-25)21-8-11-26(18(13-21)5-4-12-32)35-23-14-19-6-7-20(15-23)30(19)2/h8,11,13,16-17,19-20,22-23,32-33H,3-7,9-10,12,14-15H2,1-2H3/t19-,20+,22?,23+. The summed E-state index contributed by atoms with van der Waals surface area (Å²) in [5.41, 5.74) is 2.40. The van der Waals surface area contributed by atoms with Crippen molar-refractivity contribution in [2.45, 2.75) is 89.0 Å². The van der Waals surface area contributed by atoms with Gasteiger partial charge in [0.15, 0.2) is 0 Å². The second-order valence-corrected chi connectivity index (χ2v) is 11.5. The molecule has 2 bridgehead atoms. The number of rotatable bonds is 10. The van der Waals surface area contributed by atoms with Gasteiger partial charge in [0.1, 0.15) is 22.9 Å². The number of aryl methyl sites for hydroxylation is 2. The van der Waals surface area contributed by atoms with Crippen molar-refractivity contribution in [3.05, 3.63) is 51.4 Å². The monoisotopic (exact) mass is 511 g/mol. The minimum atomic E-state index is -0.317. The molecular weight excluding hydrogens is 474 g/mol. The highest BCUT2D eigenvalue weighted by Crippen LogP contribution is 2.37. The molecule has 2 aliphatic rings. The maximum atomic E-state index is 13.4. The van der Waals surface area contributed by atoms with Crippen LogP contribution in [0.25, 0.3) is 15.9 Å². The summed E-state index contributed by atoms with van der Waals surface area (Å²) in [7, 11) is 2.23. The van der Waals surface area contributed by atoms with Crippen molar-refractivity contribution in [2.75, 3.05) is 13.7 Å². The van der Waals surface area contributed by atoms with E-state index in [1.165, 1.54) is 24.2 Å². The number of thiophene rings is 1. The molecular formula is C28H37N3O4S. The molecule has 1 aromatic carbocycles. The summed E-state index contributed by atoms with van der Waals surface area (Å²) in [6.45, 7) is 2.08. The summed E-state index contributed by atoms with van der Waals surface area (Å²) in [5.74, 6) is 0.858. The van der Waals surface area contributed by atoms with Crippen LogP contribution in [0.15, 0.2) is 35.4 Å². The van der Waals surface area contributed by atoms with Crippen molar-refractivity contribution in [2.24, 2.45) is 0 Å². The lowest BCUT2D eigenvalue weighted by atomic mass is 10.00. The van der Waals surface area contributed by atoms with Crippen LogP contribution in [0.4, 0.5) is 0 Å². The lowest BCUT2D eigenvalue weighted by Crippen LogP contribution is -2.43. The van der Waals surface area contributed by atoms with Crippen molar-refractivity contribution >= 4 is 21.6 Å². The summed E-state index contributed by atoms with van der Waals surface area (Å²) in [6, 6.07) is 9.09. The van der Waals surface area contributed by atoms with Crippen LogP contribution < -0.4 is 10.3 Å². The van der Waals surface area contributed by atoms with Gasteiger partial charge in [0.05, 0.1) is 17.3 Å². The lowest BCUT2D eigenvalue weighted by molar-refractivity contribution is 0.0655. The van der Waals surface area contributed by atoms with E-state index < -0.39 is 0 Å². The Morgan fingerprint density at radius 1 is 1.19 bits per heavy atom. The van der Waals surface area contributed by atoms with E-state index in [4.69, 9.17) is 4.74 Å². The number of hydrogen-bond donors (Lipinski definition) is 2. The minimum Gasteiger partial charge on any atom is -0.490 e. The van der Waals surface area contributed by atoms with E-state index >= 15 is 0 Å². The van der Waals surface area contributed by atoms with Gasteiger partial charge < -0.3 is 19.8 Å². The molecule has 0 aliphatic carbocycles. The fraction of sp³-hybridized carbons (Fsp3) is 0.571. The van der Waals surface area contributed by atoms with Gasteiger partial charge in [-0.15, -0.1) is 11.3 Å². The Bertz CT molecular complexity index is 1240. The third-order valence-corrected chi connectivity index (χ3v) is 9.13. The highest BCUT2D eigenvalue weighted by atomic mass is 32.1. The summed E-state index contributed by atoms with van der Waals surface area (Å²) < 4.78 is 8.77. The topological polar surface area (TPSA) is 87.8 Å². The van der Waals surface area contributed by atoms with Crippen LogP contribution in [-0.2, 0) is 12.8 Å². The molecule has 1 unspecified atom stereocenters. The van der Waals surface area contributed by atoms with E-state index in [1.54, 1.807) is 10.9 Å². The first-order chi connectivity index (χ1) is 17.5. The summed E-state index contributed by atoms with van der Waals surface area (Å²) in [4.78, 5) is 21.5. The van der Waals surface area contributed by atoms with Gasteiger partial charge in [-0.1, -0.05) is 6.92 Å². The third kappa shape index (κ3) is 5.23. The van der Waals surface area contributed by atoms with Gasteiger partial charge in [-0.05, 0) is 94.7 Å². The highest BCUT2D eigenvalue weighted by molar-refractivity contribution is 7.18. The fourth-order valence-electron chi connectivity index (χ4n) is 5.71. The molecule has 36 heavy (non-hydrogen) atoms. The molecule has 0 radical (unpaired) electrons. The number of aliphatic hydroxyl groups is 2. The van der Waals surface area contributed by atoms with Crippen LogP contribution in [0, 0.1) is 0 Å². The molecule has 8 heteroatoms. The van der Waals surface area contributed by atoms with Crippen molar-refractivity contribution in [1.29, 1.82) is 0 Å². The van der Waals surface area contributed by atoms with Crippen LogP contribution in [0.5, 0.6) is 5.75 Å². The van der Waals surface area contributed by atoms with Gasteiger partial charge in [0.25, 0.3) is 5.56 Å². The van der Waals surface area contributed by atoms with Crippen LogP contribution in [0.1, 0.15) is 62.3 Å². The number of hydrogen-bond acceptors (Lipinski definition) is 7. The van der Waals surface area contributed by atoms with Gasteiger partial charge in [0.2, 0.25) is 0 Å². The van der Waals surface area contributed by atoms with E-state index in [-0.39, 0.29) is 24.4 Å². The van der Waals surface area contributed by atoms with E-state index in [0.717, 1.165) is 47.6 Å². The van der Waals surface area contributed by atoms with Crippen LogP contribution in [0.2, 0.25) is 0 Å². The van der Waals surface area contributed by atoms with E-state index in [1.807, 2.05) is 31.2 Å². The Labute approximate surface area is 216 Å². The molecule has 0 amide bonds. The number of nitrogens with zero attached hydrogens (tertiary/aromatic N) is 3. The predicted octanol–water partition coefficient (Wildman–Crippen LogP) is 4.08. The van der Waals surface area contributed by atoms with E-state index in [9.17, 15) is 15.0 Å². The van der Waals surface area contributed by atoms with Crippen molar-refractivity contribution in [3.8, 4) is 11.4 Å². The molecule has 4 atom stereocenters. The number of aliphatic hydroxyl groups excluding tert-OH is 2. The second kappa shape index (κ2) is 11.0. The molecule has 2 saturated heterocycles. The van der Waals surface area contributed by atoms with Crippen molar-refractivity contribution in [3.63, 3.8) is 0 Å². The first-order valence-corrected chi connectivity index (χ1v) is 14.1. The molecule has 5 rings (SSSR count). The zero-order chi connectivity index (χ0) is 25.2. The molecule has 2 aromatic heterocycles.